The molecule has 0 bridgehead atoms. The smallest absolute Gasteiger partial charge is 0.418 e. The van der Waals surface area contributed by atoms with Gasteiger partial charge in [-0.3, -0.25) is 0 Å². The molecular weight excluding hydrogens is 285 g/mol. The van der Waals surface area contributed by atoms with Crippen molar-refractivity contribution in [1.82, 2.24) is 4.90 Å². The summed E-state index contributed by atoms with van der Waals surface area (Å²) in [6.45, 7) is 0.692. The van der Waals surface area contributed by atoms with E-state index in [1.54, 1.807) is 18.0 Å². The molecule has 1 aliphatic rings. The predicted octanol–water partition coefficient (Wildman–Crippen LogP) is 3.28. The Balaban J connectivity index is 2.15. The molecule has 1 aliphatic heterocycles. The Morgan fingerprint density at radius 3 is 2.38 bits per heavy atom. The summed E-state index contributed by atoms with van der Waals surface area (Å²) in [4.78, 5) is 13.8. The number of nitrogens with zero attached hydrogens (tertiary/aromatic N) is 2. The van der Waals surface area contributed by atoms with E-state index in [9.17, 15) is 18.0 Å². The first-order valence-electron chi connectivity index (χ1n) is 6.67. The number of hydrogen-bond donors (Lipinski definition) is 1. The fourth-order valence-corrected chi connectivity index (χ4v) is 2.66. The number of alkyl halides is 3. The largest absolute Gasteiger partial charge is 0.465 e. The summed E-state index contributed by atoms with van der Waals surface area (Å²) >= 11 is 0. The van der Waals surface area contributed by atoms with Crippen LogP contribution in [0.15, 0.2) is 24.3 Å². The number of anilines is 1. The minimum absolute atomic E-state index is 0.0934. The third-order valence-corrected chi connectivity index (χ3v) is 3.87. The van der Waals surface area contributed by atoms with Crippen molar-refractivity contribution in [2.45, 2.75) is 25.1 Å². The van der Waals surface area contributed by atoms with Gasteiger partial charge in [0.2, 0.25) is 0 Å². The molecule has 1 aromatic carbocycles. The molecule has 1 amide bonds. The fraction of sp³-hybridized carbons (Fsp3) is 0.500. The summed E-state index contributed by atoms with van der Waals surface area (Å²) in [6, 6.07) is 5.37. The maximum absolute atomic E-state index is 13.0. The van der Waals surface area contributed by atoms with Gasteiger partial charge >= 0.3 is 12.3 Å². The van der Waals surface area contributed by atoms with Crippen LogP contribution in [-0.4, -0.2) is 42.3 Å². The predicted molar refractivity (Wildman–Crippen MR) is 72.5 cm³/mol. The molecule has 1 fully saturated rings. The van der Waals surface area contributed by atoms with E-state index in [-0.39, 0.29) is 11.7 Å². The Morgan fingerprint density at radius 2 is 1.86 bits per heavy atom. The fourth-order valence-electron chi connectivity index (χ4n) is 2.66. The van der Waals surface area contributed by atoms with Crippen LogP contribution < -0.4 is 4.90 Å². The molecule has 116 valence electrons. The molecular formula is C14H17F3N2O2. The molecule has 1 heterocycles. The van der Waals surface area contributed by atoms with Gasteiger partial charge in [0.15, 0.2) is 0 Å². The lowest BCUT2D eigenvalue weighted by Crippen LogP contribution is -2.45. The van der Waals surface area contributed by atoms with E-state index in [2.05, 4.69) is 0 Å². The topological polar surface area (TPSA) is 43.8 Å². The van der Waals surface area contributed by atoms with Crippen LogP contribution in [0, 0.1) is 0 Å². The number of rotatable bonds is 2. The maximum Gasteiger partial charge on any atom is 0.418 e. The van der Waals surface area contributed by atoms with Crippen LogP contribution in [0.4, 0.5) is 23.7 Å². The van der Waals surface area contributed by atoms with Gasteiger partial charge in [-0.25, -0.2) is 4.79 Å². The van der Waals surface area contributed by atoms with Crippen molar-refractivity contribution in [2.24, 2.45) is 0 Å². The Hall–Kier alpha value is -1.92. The van der Waals surface area contributed by atoms with Gasteiger partial charge in [-0.05, 0) is 25.0 Å². The zero-order valence-corrected chi connectivity index (χ0v) is 11.6. The van der Waals surface area contributed by atoms with E-state index in [0.717, 1.165) is 6.07 Å². The lowest BCUT2D eigenvalue weighted by atomic mass is 10.0. The highest BCUT2D eigenvalue weighted by molar-refractivity contribution is 5.65. The zero-order chi connectivity index (χ0) is 15.6. The molecule has 0 saturated carbocycles. The van der Waals surface area contributed by atoms with Crippen LogP contribution in [0.25, 0.3) is 0 Å². The Kier molecular flexibility index (Phi) is 4.29. The van der Waals surface area contributed by atoms with Crippen molar-refractivity contribution in [1.29, 1.82) is 0 Å². The van der Waals surface area contributed by atoms with Gasteiger partial charge in [0, 0.05) is 31.9 Å². The maximum atomic E-state index is 13.0. The summed E-state index contributed by atoms with van der Waals surface area (Å²) in [6.07, 6.45) is -4.33. The first-order valence-corrected chi connectivity index (χ1v) is 6.67. The van der Waals surface area contributed by atoms with Crippen molar-refractivity contribution >= 4 is 11.8 Å². The third kappa shape index (κ3) is 3.40. The SMILES string of the molecule is CN(c1ccccc1C(F)(F)F)C1CCN(C(=O)O)CC1. The summed E-state index contributed by atoms with van der Waals surface area (Å²) < 4.78 is 39.1. The highest BCUT2D eigenvalue weighted by Gasteiger charge is 2.35. The Labute approximate surface area is 120 Å². The summed E-state index contributed by atoms with van der Waals surface area (Å²) in [5, 5.41) is 8.89. The van der Waals surface area contributed by atoms with Crippen LogP contribution in [0.2, 0.25) is 0 Å². The second-order valence-electron chi connectivity index (χ2n) is 5.13. The number of halogens is 3. The lowest BCUT2D eigenvalue weighted by Gasteiger charge is -2.37. The summed E-state index contributed by atoms with van der Waals surface area (Å²) in [7, 11) is 1.63. The lowest BCUT2D eigenvalue weighted by molar-refractivity contribution is -0.137. The number of benzene rings is 1. The van der Waals surface area contributed by atoms with Crippen molar-refractivity contribution in [3.63, 3.8) is 0 Å². The van der Waals surface area contributed by atoms with E-state index in [4.69, 9.17) is 5.11 Å². The van der Waals surface area contributed by atoms with Gasteiger partial charge in [0.05, 0.1) is 5.56 Å². The highest BCUT2D eigenvalue weighted by atomic mass is 19.4. The van der Waals surface area contributed by atoms with Crippen molar-refractivity contribution in [2.75, 3.05) is 25.0 Å². The van der Waals surface area contributed by atoms with Gasteiger partial charge in [-0.15, -0.1) is 0 Å². The molecule has 21 heavy (non-hydrogen) atoms. The van der Waals surface area contributed by atoms with Gasteiger partial charge in [0.1, 0.15) is 0 Å². The number of carbonyl (C=O) groups is 1. The standard InChI is InChI=1S/C14H17F3N2O2/c1-18(10-6-8-19(9-7-10)13(20)21)12-5-3-2-4-11(12)14(15,16)17/h2-5,10H,6-9H2,1H3,(H,20,21). The molecule has 4 nitrogen and oxygen atoms in total. The number of piperidine rings is 1. The minimum atomic E-state index is -4.40. The van der Waals surface area contributed by atoms with Crippen molar-refractivity contribution < 1.29 is 23.1 Å². The molecule has 0 unspecified atom stereocenters. The van der Waals surface area contributed by atoms with Crippen LogP contribution in [0.3, 0.4) is 0 Å². The summed E-state index contributed by atoms with van der Waals surface area (Å²) in [5.74, 6) is 0. The van der Waals surface area contributed by atoms with Gasteiger partial charge < -0.3 is 14.9 Å². The second kappa shape index (κ2) is 5.83. The van der Waals surface area contributed by atoms with Crippen LogP contribution in [-0.2, 0) is 6.18 Å². The Bertz CT molecular complexity index is 511. The number of para-hydroxylation sites is 1. The first-order chi connectivity index (χ1) is 9.80. The van der Waals surface area contributed by atoms with E-state index in [1.165, 1.54) is 17.0 Å². The minimum Gasteiger partial charge on any atom is -0.465 e. The van der Waals surface area contributed by atoms with E-state index < -0.39 is 17.8 Å². The summed E-state index contributed by atoms with van der Waals surface area (Å²) in [5.41, 5.74) is -0.521. The molecule has 0 radical (unpaired) electrons. The molecule has 1 N–H and O–H groups in total. The zero-order valence-electron chi connectivity index (χ0n) is 11.6. The van der Waals surface area contributed by atoms with Crippen molar-refractivity contribution in [3.8, 4) is 0 Å². The Morgan fingerprint density at radius 1 is 1.29 bits per heavy atom. The molecule has 2 rings (SSSR count). The second-order valence-corrected chi connectivity index (χ2v) is 5.13. The van der Waals surface area contributed by atoms with Crippen LogP contribution in [0.1, 0.15) is 18.4 Å². The average Bonchev–Trinajstić information content (AvgIpc) is 2.45. The molecule has 0 aliphatic carbocycles. The molecule has 7 heteroatoms. The van der Waals surface area contributed by atoms with Crippen molar-refractivity contribution in [3.05, 3.63) is 29.8 Å². The molecule has 1 aromatic rings. The van der Waals surface area contributed by atoms with Crippen LogP contribution >= 0.6 is 0 Å². The van der Waals surface area contributed by atoms with Gasteiger partial charge in [-0.1, -0.05) is 12.1 Å². The van der Waals surface area contributed by atoms with Crippen LogP contribution in [0.5, 0.6) is 0 Å². The number of likely N-dealkylation sites (tertiary alicyclic amines) is 1. The number of hydrogen-bond acceptors (Lipinski definition) is 2. The normalized spacial score (nSPS) is 16.9. The highest BCUT2D eigenvalue weighted by Crippen LogP contribution is 2.37. The monoisotopic (exact) mass is 302 g/mol. The molecule has 1 saturated heterocycles. The van der Waals surface area contributed by atoms with E-state index in [1.807, 2.05) is 0 Å². The average molecular weight is 302 g/mol. The molecule has 0 spiro atoms. The molecule has 0 atom stereocenters. The quantitative estimate of drug-likeness (QED) is 0.911. The molecule has 0 aromatic heterocycles. The number of carboxylic acid groups (broad SMARTS) is 1. The van der Waals surface area contributed by atoms with Gasteiger partial charge in [0.25, 0.3) is 0 Å². The third-order valence-electron chi connectivity index (χ3n) is 3.87. The van der Waals surface area contributed by atoms with E-state index in [0.29, 0.717) is 25.9 Å². The first kappa shape index (κ1) is 15.5. The van der Waals surface area contributed by atoms with E-state index >= 15 is 0 Å². The van der Waals surface area contributed by atoms with Gasteiger partial charge in [-0.2, -0.15) is 13.2 Å². The number of amides is 1.